The number of nitrogens with zero attached hydrogens (tertiary/aromatic N) is 5. The highest BCUT2D eigenvalue weighted by Crippen LogP contribution is 2.07. The molecule has 2 aromatic heterocycles. The highest BCUT2D eigenvalue weighted by Gasteiger charge is 2.15. The molecule has 0 aromatic carbocycles. The van der Waals surface area contributed by atoms with Crippen LogP contribution in [0.1, 0.15) is 5.82 Å². The summed E-state index contributed by atoms with van der Waals surface area (Å²) < 4.78 is 14.3. The summed E-state index contributed by atoms with van der Waals surface area (Å²) in [5, 5.41) is 0. The molecule has 0 atom stereocenters. The maximum absolute atomic E-state index is 12.4. The van der Waals surface area contributed by atoms with Crippen LogP contribution in [0.15, 0.2) is 9.59 Å². The van der Waals surface area contributed by atoms with Crippen molar-refractivity contribution in [3.8, 4) is 11.8 Å². The summed E-state index contributed by atoms with van der Waals surface area (Å²) >= 11 is 0. The normalized spacial score (nSPS) is 11.2. The number of methoxy groups -OCH3 is 2. The van der Waals surface area contributed by atoms with Gasteiger partial charge >= 0.3 is 5.69 Å². The van der Waals surface area contributed by atoms with Crippen LogP contribution in [-0.2, 0) is 30.6 Å². The minimum atomic E-state index is -0.412. The summed E-state index contributed by atoms with van der Waals surface area (Å²) in [5.74, 6) is 6.51. The van der Waals surface area contributed by atoms with Gasteiger partial charge in [-0.05, 0) is 5.92 Å². The van der Waals surface area contributed by atoms with Crippen LogP contribution in [-0.4, -0.2) is 70.7 Å². The van der Waals surface area contributed by atoms with E-state index in [1.165, 1.54) is 11.6 Å². The standard InChI is InChI=1S/C17H25N5O4/c1-19-13(7-6-8-22(9-11-25-4)10-12-26-5)18-15-14(19)16(23)21(3)17(24)20(15)2/h8-12H2,1-5H3. The first-order valence-corrected chi connectivity index (χ1v) is 8.23. The van der Waals surface area contributed by atoms with Gasteiger partial charge in [-0.3, -0.25) is 18.8 Å². The Morgan fingerprint density at radius 2 is 1.62 bits per heavy atom. The number of ether oxygens (including phenoxy) is 2. The van der Waals surface area contributed by atoms with Crippen molar-refractivity contribution in [2.45, 2.75) is 0 Å². The van der Waals surface area contributed by atoms with Crippen LogP contribution in [0.5, 0.6) is 0 Å². The van der Waals surface area contributed by atoms with Gasteiger partial charge in [0.15, 0.2) is 17.0 Å². The molecule has 2 heterocycles. The van der Waals surface area contributed by atoms with Crippen LogP contribution >= 0.6 is 0 Å². The van der Waals surface area contributed by atoms with Gasteiger partial charge < -0.3 is 14.0 Å². The lowest BCUT2D eigenvalue weighted by atomic mass is 10.4. The molecule has 2 rings (SSSR count). The van der Waals surface area contributed by atoms with E-state index >= 15 is 0 Å². The van der Waals surface area contributed by atoms with Gasteiger partial charge in [0.2, 0.25) is 0 Å². The minimum Gasteiger partial charge on any atom is -0.383 e. The van der Waals surface area contributed by atoms with Crippen molar-refractivity contribution in [2.24, 2.45) is 21.1 Å². The largest absolute Gasteiger partial charge is 0.383 e. The topological polar surface area (TPSA) is 83.5 Å². The first-order chi connectivity index (χ1) is 12.4. The maximum Gasteiger partial charge on any atom is 0.332 e. The molecule has 0 amide bonds. The molecule has 0 unspecified atom stereocenters. The summed E-state index contributed by atoms with van der Waals surface area (Å²) in [6.45, 7) is 3.22. The van der Waals surface area contributed by atoms with Crippen LogP contribution < -0.4 is 11.2 Å². The van der Waals surface area contributed by atoms with Crippen LogP contribution in [0.4, 0.5) is 0 Å². The van der Waals surface area contributed by atoms with Crippen LogP contribution in [0.25, 0.3) is 11.2 Å². The van der Waals surface area contributed by atoms with E-state index in [2.05, 4.69) is 21.7 Å². The Morgan fingerprint density at radius 1 is 1.00 bits per heavy atom. The molecule has 0 bridgehead atoms. The van der Waals surface area contributed by atoms with Crippen LogP contribution in [0.3, 0.4) is 0 Å². The third-order valence-corrected chi connectivity index (χ3v) is 4.20. The average Bonchev–Trinajstić information content (AvgIpc) is 2.96. The average molecular weight is 363 g/mol. The molecule has 0 aliphatic heterocycles. The number of aromatic nitrogens is 4. The van der Waals surface area contributed by atoms with Crippen molar-refractivity contribution in [3.05, 3.63) is 26.7 Å². The second-order valence-electron chi connectivity index (χ2n) is 5.94. The molecule has 9 heteroatoms. The molecule has 0 aliphatic rings. The number of rotatable bonds is 7. The molecular weight excluding hydrogens is 338 g/mol. The van der Waals surface area contributed by atoms with E-state index in [4.69, 9.17) is 9.47 Å². The number of hydrogen-bond donors (Lipinski definition) is 0. The predicted molar refractivity (Wildman–Crippen MR) is 98.3 cm³/mol. The van der Waals surface area contributed by atoms with E-state index in [1.807, 2.05) is 0 Å². The number of aryl methyl sites for hydroxylation is 2. The van der Waals surface area contributed by atoms with Crippen LogP contribution in [0, 0.1) is 11.8 Å². The molecule has 26 heavy (non-hydrogen) atoms. The van der Waals surface area contributed by atoms with Crippen molar-refractivity contribution in [3.63, 3.8) is 0 Å². The van der Waals surface area contributed by atoms with E-state index in [-0.39, 0.29) is 5.56 Å². The van der Waals surface area contributed by atoms with E-state index in [0.29, 0.717) is 36.7 Å². The zero-order valence-corrected chi connectivity index (χ0v) is 15.9. The summed E-state index contributed by atoms with van der Waals surface area (Å²) in [5.41, 5.74) is -0.103. The van der Waals surface area contributed by atoms with Gasteiger partial charge in [0.1, 0.15) is 0 Å². The molecule has 2 aromatic rings. The molecule has 9 nitrogen and oxygen atoms in total. The van der Waals surface area contributed by atoms with Crippen molar-refractivity contribution in [1.29, 1.82) is 0 Å². The quantitative estimate of drug-likeness (QED) is 0.582. The highest BCUT2D eigenvalue weighted by molar-refractivity contribution is 5.71. The summed E-state index contributed by atoms with van der Waals surface area (Å²) in [4.78, 5) is 30.9. The molecule has 0 saturated carbocycles. The molecule has 0 radical (unpaired) electrons. The Morgan fingerprint density at radius 3 is 2.19 bits per heavy atom. The van der Waals surface area contributed by atoms with Gasteiger partial charge in [-0.25, -0.2) is 9.78 Å². The lowest BCUT2D eigenvalue weighted by Gasteiger charge is -2.18. The molecule has 0 spiro atoms. The summed E-state index contributed by atoms with van der Waals surface area (Å²) in [6.07, 6.45) is 0. The minimum absolute atomic E-state index is 0.334. The second-order valence-corrected chi connectivity index (χ2v) is 5.94. The Kier molecular flexibility index (Phi) is 6.74. The fourth-order valence-corrected chi connectivity index (χ4v) is 2.57. The second kappa shape index (κ2) is 8.80. The molecule has 0 saturated heterocycles. The molecule has 142 valence electrons. The lowest BCUT2D eigenvalue weighted by Crippen LogP contribution is -2.37. The monoisotopic (exact) mass is 363 g/mol. The zero-order valence-electron chi connectivity index (χ0n) is 15.9. The van der Waals surface area contributed by atoms with Crippen molar-refractivity contribution < 1.29 is 9.47 Å². The third kappa shape index (κ3) is 4.04. The van der Waals surface area contributed by atoms with Gasteiger partial charge in [0, 0.05) is 48.5 Å². The molecule has 0 N–H and O–H groups in total. The Hall–Kier alpha value is -2.41. The zero-order chi connectivity index (χ0) is 19.3. The Bertz CT molecular complexity index is 936. The number of imidazole rings is 1. The highest BCUT2D eigenvalue weighted by atomic mass is 16.5. The van der Waals surface area contributed by atoms with E-state index < -0.39 is 5.69 Å². The van der Waals surface area contributed by atoms with Crippen molar-refractivity contribution in [2.75, 3.05) is 47.1 Å². The predicted octanol–water partition coefficient (Wildman–Crippen LogP) is -1.08. The summed E-state index contributed by atoms with van der Waals surface area (Å²) in [7, 11) is 8.07. The number of fused-ring (bicyclic) bond motifs is 1. The third-order valence-electron chi connectivity index (χ3n) is 4.20. The Balaban J connectivity index is 2.32. The van der Waals surface area contributed by atoms with Gasteiger partial charge in [-0.1, -0.05) is 5.92 Å². The number of hydrogen-bond acceptors (Lipinski definition) is 6. The van der Waals surface area contributed by atoms with Crippen molar-refractivity contribution in [1.82, 2.24) is 23.6 Å². The van der Waals surface area contributed by atoms with Crippen LogP contribution in [0.2, 0.25) is 0 Å². The fraction of sp³-hybridized carbons (Fsp3) is 0.588. The van der Waals surface area contributed by atoms with E-state index in [1.54, 1.807) is 32.9 Å². The maximum atomic E-state index is 12.4. The van der Waals surface area contributed by atoms with Gasteiger partial charge in [-0.15, -0.1) is 0 Å². The van der Waals surface area contributed by atoms with E-state index in [9.17, 15) is 9.59 Å². The van der Waals surface area contributed by atoms with Gasteiger partial charge in [-0.2, -0.15) is 0 Å². The first-order valence-electron chi connectivity index (χ1n) is 8.23. The molecule has 0 fully saturated rings. The SMILES string of the molecule is COCCN(CC#Cc1nc2c(c(=O)n(C)c(=O)n2C)n1C)CCOC. The first kappa shape index (κ1) is 19.9. The molecule has 0 aliphatic carbocycles. The summed E-state index contributed by atoms with van der Waals surface area (Å²) in [6, 6.07) is 0. The lowest BCUT2D eigenvalue weighted by molar-refractivity contribution is 0.122. The van der Waals surface area contributed by atoms with Gasteiger partial charge in [0.25, 0.3) is 5.56 Å². The van der Waals surface area contributed by atoms with Gasteiger partial charge in [0.05, 0.1) is 19.8 Å². The van der Waals surface area contributed by atoms with Crippen molar-refractivity contribution >= 4 is 11.2 Å². The Labute approximate surface area is 151 Å². The smallest absolute Gasteiger partial charge is 0.332 e. The fourth-order valence-electron chi connectivity index (χ4n) is 2.57. The molecular formula is C17H25N5O4. The van der Waals surface area contributed by atoms with E-state index in [0.717, 1.165) is 17.7 Å².